The lowest BCUT2D eigenvalue weighted by Gasteiger charge is -2.04. The molecule has 0 aliphatic carbocycles. The Kier molecular flexibility index (Phi) is 4.57. The molecule has 19 heavy (non-hydrogen) atoms. The van der Waals surface area contributed by atoms with Crippen molar-refractivity contribution in [1.29, 1.82) is 0 Å². The van der Waals surface area contributed by atoms with Gasteiger partial charge in [0, 0.05) is 19.2 Å². The lowest BCUT2D eigenvalue weighted by Crippen LogP contribution is -2.14. The lowest BCUT2D eigenvalue weighted by molar-refractivity contribution is -0.113. The molecule has 0 aliphatic rings. The van der Waals surface area contributed by atoms with Gasteiger partial charge in [0.1, 0.15) is 5.82 Å². The molecule has 5 nitrogen and oxygen atoms in total. The Morgan fingerprint density at radius 2 is 2.05 bits per heavy atom. The summed E-state index contributed by atoms with van der Waals surface area (Å²) in [4.78, 5) is 11.8. The Bertz CT molecular complexity index is 553. The zero-order valence-electron chi connectivity index (χ0n) is 11.0. The first kappa shape index (κ1) is 13.6. The molecule has 0 spiro atoms. The highest BCUT2D eigenvalue weighted by molar-refractivity contribution is 7.99. The van der Waals surface area contributed by atoms with Crippen molar-refractivity contribution in [3.63, 3.8) is 0 Å². The molecule has 1 amide bonds. The number of aryl methyl sites for hydroxylation is 1. The maximum atomic E-state index is 11.8. The van der Waals surface area contributed by atoms with Crippen molar-refractivity contribution >= 4 is 23.4 Å². The van der Waals surface area contributed by atoms with Crippen molar-refractivity contribution < 1.29 is 4.79 Å². The fourth-order valence-electron chi connectivity index (χ4n) is 1.63. The number of thioether (sulfide) groups is 1. The summed E-state index contributed by atoms with van der Waals surface area (Å²) in [7, 11) is 1.91. The number of nitrogens with one attached hydrogen (secondary N) is 1. The van der Waals surface area contributed by atoms with Crippen LogP contribution in [0.3, 0.4) is 0 Å². The molecule has 2 aromatic rings. The van der Waals surface area contributed by atoms with E-state index in [9.17, 15) is 4.79 Å². The molecule has 2 rings (SSSR count). The Morgan fingerprint density at radius 3 is 2.68 bits per heavy atom. The molecule has 0 atom stereocenters. The highest BCUT2D eigenvalue weighted by Gasteiger charge is 2.10. The van der Waals surface area contributed by atoms with Gasteiger partial charge in [-0.25, -0.2) is 0 Å². The second-order valence-electron chi connectivity index (χ2n) is 4.01. The number of hydrogen-bond donors (Lipinski definition) is 1. The topological polar surface area (TPSA) is 59.8 Å². The first-order chi connectivity index (χ1) is 9.20. The third-order valence-electron chi connectivity index (χ3n) is 2.63. The summed E-state index contributed by atoms with van der Waals surface area (Å²) < 4.78 is 1.92. The van der Waals surface area contributed by atoms with Crippen molar-refractivity contribution in [2.24, 2.45) is 7.05 Å². The molecule has 1 aromatic carbocycles. The van der Waals surface area contributed by atoms with E-state index in [0.717, 1.165) is 23.1 Å². The standard InChI is InChI=1S/C13H16N4OS/c1-3-11-15-16-13(17(11)2)19-9-12(18)14-10-7-5-4-6-8-10/h4-8H,3,9H2,1-2H3,(H,14,18). The third kappa shape index (κ3) is 3.57. The number of nitrogens with zero attached hydrogens (tertiary/aromatic N) is 3. The number of benzene rings is 1. The molecule has 0 bridgehead atoms. The van der Waals surface area contributed by atoms with E-state index in [1.807, 2.05) is 48.9 Å². The zero-order chi connectivity index (χ0) is 13.7. The number of amides is 1. The van der Waals surface area contributed by atoms with Crippen LogP contribution >= 0.6 is 11.8 Å². The fourth-order valence-corrected chi connectivity index (χ4v) is 2.36. The first-order valence-corrected chi connectivity index (χ1v) is 7.05. The van der Waals surface area contributed by atoms with Crippen LogP contribution in [0.25, 0.3) is 0 Å². The number of anilines is 1. The minimum Gasteiger partial charge on any atom is -0.325 e. The molecule has 0 unspecified atom stereocenters. The summed E-state index contributed by atoms with van der Waals surface area (Å²) in [6.45, 7) is 2.03. The molecule has 6 heteroatoms. The van der Waals surface area contributed by atoms with Crippen LogP contribution in [0.15, 0.2) is 35.5 Å². The van der Waals surface area contributed by atoms with Crippen LogP contribution in [0, 0.1) is 0 Å². The van der Waals surface area contributed by atoms with Crippen LogP contribution in [-0.2, 0) is 18.3 Å². The van der Waals surface area contributed by atoms with Gasteiger partial charge >= 0.3 is 0 Å². The second kappa shape index (κ2) is 6.38. The van der Waals surface area contributed by atoms with Crippen molar-refractivity contribution in [3.05, 3.63) is 36.2 Å². The van der Waals surface area contributed by atoms with Gasteiger partial charge < -0.3 is 9.88 Å². The van der Waals surface area contributed by atoms with Crippen LogP contribution in [0.4, 0.5) is 5.69 Å². The van der Waals surface area contributed by atoms with E-state index in [0.29, 0.717) is 5.75 Å². The highest BCUT2D eigenvalue weighted by Crippen LogP contribution is 2.16. The smallest absolute Gasteiger partial charge is 0.234 e. The Labute approximate surface area is 116 Å². The molecule has 0 saturated heterocycles. The Hall–Kier alpha value is -1.82. The van der Waals surface area contributed by atoms with E-state index in [-0.39, 0.29) is 5.91 Å². The maximum Gasteiger partial charge on any atom is 0.234 e. The molecule has 0 saturated carbocycles. The summed E-state index contributed by atoms with van der Waals surface area (Å²) in [5.41, 5.74) is 0.806. The van der Waals surface area contributed by atoms with E-state index < -0.39 is 0 Å². The van der Waals surface area contributed by atoms with E-state index in [4.69, 9.17) is 0 Å². The van der Waals surface area contributed by atoms with Gasteiger partial charge in [0.2, 0.25) is 5.91 Å². The van der Waals surface area contributed by atoms with Gasteiger partial charge in [-0.15, -0.1) is 10.2 Å². The minimum absolute atomic E-state index is 0.0442. The number of carbonyl (C=O) groups excluding carboxylic acids is 1. The second-order valence-corrected chi connectivity index (χ2v) is 4.96. The monoisotopic (exact) mass is 276 g/mol. The summed E-state index contributed by atoms with van der Waals surface area (Å²) in [5.74, 6) is 1.20. The molecule has 0 fully saturated rings. The lowest BCUT2D eigenvalue weighted by atomic mass is 10.3. The van der Waals surface area contributed by atoms with Crippen molar-refractivity contribution in [1.82, 2.24) is 14.8 Å². The van der Waals surface area contributed by atoms with Crippen LogP contribution in [0.5, 0.6) is 0 Å². The molecular weight excluding hydrogens is 260 g/mol. The van der Waals surface area contributed by atoms with Crippen LogP contribution < -0.4 is 5.32 Å². The van der Waals surface area contributed by atoms with Crippen LogP contribution in [0.1, 0.15) is 12.7 Å². The molecule has 1 heterocycles. The van der Waals surface area contributed by atoms with Crippen LogP contribution in [0.2, 0.25) is 0 Å². The van der Waals surface area contributed by atoms with Crippen molar-refractivity contribution in [2.75, 3.05) is 11.1 Å². The Morgan fingerprint density at radius 1 is 1.32 bits per heavy atom. The molecule has 0 radical (unpaired) electrons. The summed E-state index contributed by atoms with van der Waals surface area (Å²) in [5, 5.41) is 11.7. The summed E-state index contributed by atoms with van der Waals surface area (Å²) in [6.07, 6.45) is 0.834. The van der Waals surface area contributed by atoms with E-state index >= 15 is 0 Å². The molecule has 1 N–H and O–H groups in total. The third-order valence-corrected chi connectivity index (χ3v) is 3.65. The first-order valence-electron chi connectivity index (χ1n) is 6.06. The molecule has 0 aliphatic heterocycles. The van der Waals surface area contributed by atoms with E-state index in [1.54, 1.807) is 0 Å². The number of rotatable bonds is 5. The van der Waals surface area contributed by atoms with Gasteiger partial charge in [0.25, 0.3) is 0 Å². The maximum absolute atomic E-state index is 11.8. The zero-order valence-corrected chi connectivity index (χ0v) is 11.8. The van der Waals surface area contributed by atoms with Gasteiger partial charge in [0.15, 0.2) is 5.16 Å². The van der Waals surface area contributed by atoms with Crippen molar-refractivity contribution in [2.45, 2.75) is 18.5 Å². The van der Waals surface area contributed by atoms with Gasteiger partial charge in [-0.1, -0.05) is 36.9 Å². The average molecular weight is 276 g/mol. The van der Waals surface area contributed by atoms with Crippen LogP contribution in [-0.4, -0.2) is 26.4 Å². The molecular formula is C13H16N4OS. The minimum atomic E-state index is -0.0442. The van der Waals surface area contributed by atoms with Gasteiger partial charge in [0.05, 0.1) is 5.75 Å². The summed E-state index contributed by atoms with van der Waals surface area (Å²) >= 11 is 1.39. The van der Waals surface area contributed by atoms with Gasteiger partial charge in [-0.05, 0) is 12.1 Å². The van der Waals surface area contributed by atoms with E-state index in [2.05, 4.69) is 15.5 Å². The SMILES string of the molecule is CCc1nnc(SCC(=O)Nc2ccccc2)n1C. The average Bonchev–Trinajstić information content (AvgIpc) is 2.78. The normalized spacial score (nSPS) is 10.4. The number of hydrogen-bond acceptors (Lipinski definition) is 4. The quantitative estimate of drug-likeness (QED) is 0.850. The predicted octanol–water partition coefficient (Wildman–Crippen LogP) is 2.11. The van der Waals surface area contributed by atoms with Crippen molar-refractivity contribution in [3.8, 4) is 0 Å². The largest absolute Gasteiger partial charge is 0.325 e. The molecule has 100 valence electrons. The number of para-hydroxylation sites is 1. The highest BCUT2D eigenvalue weighted by atomic mass is 32.2. The van der Waals surface area contributed by atoms with Gasteiger partial charge in [-0.3, -0.25) is 4.79 Å². The summed E-state index contributed by atoms with van der Waals surface area (Å²) in [6, 6.07) is 9.41. The van der Waals surface area contributed by atoms with E-state index in [1.165, 1.54) is 11.8 Å². The number of aromatic nitrogens is 3. The predicted molar refractivity (Wildman–Crippen MR) is 76.2 cm³/mol. The fraction of sp³-hybridized carbons (Fsp3) is 0.308. The Balaban J connectivity index is 1.88. The number of carbonyl (C=O) groups is 1. The molecule has 1 aromatic heterocycles. The van der Waals surface area contributed by atoms with Gasteiger partial charge in [-0.2, -0.15) is 0 Å².